The Morgan fingerprint density at radius 3 is 2.48 bits per heavy atom. The summed E-state index contributed by atoms with van der Waals surface area (Å²) in [5.41, 5.74) is 0.369. The number of carboxylic acids is 1. The molecule has 0 aliphatic rings. The van der Waals surface area contributed by atoms with E-state index in [4.69, 9.17) is 5.11 Å². The van der Waals surface area contributed by atoms with Crippen molar-refractivity contribution in [2.24, 2.45) is 0 Å². The van der Waals surface area contributed by atoms with Crippen molar-refractivity contribution in [1.82, 2.24) is 5.32 Å². The Labute approximate surface area is 133 Å². The van der Waals surface area contributed by atoms with Crippen molar-refractivity contribution in [2.45, 2.75) is 18.9 Å². The minimum atomic E-state index is -1.19. The minimum absolute atomic E-state index is 0.0265. The van der Waals surface area contributed by atoms with Gasteiger partial charge in [-0.3, -0.25) is 9.59 Å². The molecule has 0 fully saturated rings. The Balaban J connectivity index is 2.10. The molecule has 0 aliphatic carbocycles. The molecular weight excluding hydrogens is 298 g/mol. The van der Waals surface area contributed by atoms with Crippen molar-refractivity contribution in [3.8, 4) is 0 Å². The lowest BCUT2D eigenvalue weighted by Crippen LogP contribution is -2.41. The van der Waals surface area contributed by atoms with Gasteiger partial charge in [0.1, 0.15) is 6.04 Å². The largest absolute Gasteiger partial charge is 0.480 e. The number of carbonyl (C=O) groups is 3. The summed E-state index contributed by atoms with van der Waals surface area (Å²) in [6.07, 6.45) is -0.104. The molecule has 0 spiro atoms. The predicted molar refractivity (Wildman–Crippen MR) is 84.1 cm³/mol. The number of hydrogen-bond donors (Lipinski definition) is 2. The van der Waals surface area contributed by atoms with Crippen molar-refractivity contribution in [1.29, 1.82) is 0 Å². The Hall–Kier alpha value is -2.89. The topological polar surface area (TPSA) is 92.7 Å². The third kappa shape index (κ3) is 4.29. The molecule has 2 aromatic carbocycles. The maximum Gasteiger partial charge on any atom is 0.326 e. The number of esters is 1. The zero-order valence-corrected chi connectivity index (χ0v) is 12.6. The van der Waals surface area contributed by atoms with Crippen molar-refractivity contribution in [3.63, 3.8) is 0 Å². The molecule has 2 aromatic rings. The fourth-order valence-electron chi connectivity index (χ4n) is 2.19. The maximum atomic E-state index is 12.2. The van der Waals surface area contributed by atoms with Crippen LogP contribution in [0, 0.1) is 0 Å². The molecule has 1 amide bonds. The van der Waals surface area contributed by atoms with Gasteiger partial charge in [-0.25, -0.2) is 4.79 Å². The van der Waals surface area contributed by atoms with Crippen LogP contribution in [0.2, 0.25) is 0 Å². The second-order valence-electron chi connectivity index (χ2n) is 5.04. The van der Waals surface area contributed by atoms with E-state index in [1.54, 1.807) is 18.2 Å². The number of methoxy groups -OCH3 is 1. The fourth-order valence-corrected chi connectivity index (χ4v) is 2.19. The molecule has 0 bridgehead atoms. The second-order valence-corrected chi connectivity index (χ2v) is 5.04. The molecule has 6 nitrogen and oxygen atoms in total. The molecular formula is C17H17NO5. The monoisotopic (exact) mass is 315 g/mol. The fraction of sp³-hybridized carbons (Fsp3) is 0.235. The standard InChI is InChI=1S/C17H17NO5/c1-23-15(19)9-8-14(17(21)22)18-16(20)13-7-6-11-4-2-3-5-12(11)10-13/h2-7,10,14H,8-9H2,1H3,(H,18,20)(H,21,22)/t14-/m1/s1. The lowest BCUT2D eigenvalue weighted by molar-refractivity contribution is -0.142. The summed E-state index contributed by atoms with van der Waals surface area (Å²) in [4.78, 5) is 34.6. The number of carbonyl (C=O) groups excluding carboxylic acids is 2. The number of ether oxygens (including phenoxy) is 1. The van der Waals surface area contributed by atoms with Gasteiger partial charge in [0, 0.05) is 12.0 Å². The van der Waals surface area contributed by atoms with Gasteiger partial charge in [-0.15, -0.1) is 0 Å². The van der Waals surface area contributed by atoms with Gasteiger partial charge in [0.05, 0.1) is 7.11 Å². The molecule has 0 saturated heterocycles. The highest BCUT2D eigenvalue weighted by Gasteiger charge is 2.22. The number of rotatable bonds is 6. The first kappa shape index (κ1) is 16.5. The molecule has 0 heterocycles. The van der Waals surface area contributed by atoms with Gasteiger partial charge in [0.2, 0.25) is 0 Å². The summed E-state index contributed by atoms with van der Waals surface area (Å²) in [7, 11) is 1.23. The first-order valence-corrected chi connectivity index (χ1v) is 7.10. The van der Waals surface area contributed by atoms with Gasteiger partial charge in [-0.1, -0.05) is 30.3 Å². The van der Waals surface area contributed by atoms with Gasteiger partial charge >= 0.3 is 11.9 Å². The van der Waals surface area contributed by atoms with Crippen LogP contribution >= 0.6 is 0 Å². The number of aliphatic carboxylic acids is 1. The summed E-state index contributed by atoms with van der Waals surface area (Å²) in [5, 5.41) is 13.5. The molecule has 23 heavy (non-hydrogen) atoms. The third-order valence-corrected chi connectivity index (χ3v) is 3.48. The van der Waals surface area contributed by atoms with Gasteiger partial charge in [-0.05, 0) is 29.3 Å². The minimum Gasteiger partial charge on any atom is -0.480 e. The maximum absolute atomic E-state index is 12.2. The zero-order chi connectivity index (χ0) is 16.8. The summed E-state index contributed by atoms with van der Waals surface area (Å²) in [6.45, 7) is 0. The van der Waals surface area contributed by atoms with E-state index in [9.17, 15) is 14.4 Å². The number of carboxylic acid groups (broad SMARTS) is 1. The van der Waals surface area contributed by atoms with E-state index in [2.05, 4.69) is 10.1 Å². The summed E-state index contributed by atoms with van der Waals surface area (Å²) in [6, 6.07) is 11.5. The van der Waals surface area contributed by atoms with E-state index >= 15 is 0 Å². The second kappa shape index (κ2) is 7.40. The molecule has 0 saturated carbocycles. The molecule has 0 radical (unpaired) electrons. The Morgan fingerprint density at radius 2 is 1.83 bits per heavy atom. The van der Waals surface area contributed by atoms with Gasteiger partial charge in [0.25, 0.3) is 5.91 Å². The highest BCUT2D eigenvalue weighted by atomic mass is 16.5. The van der Waals surface area contributed by atoms with Crippen LogP contribution < -0.4 is 5.32 Å². The van der Waals surface area contributed by atoms with Crippen LogP contribution in [-0.2, 0) is 14.3 Å². The predicted octanol–water partition coefficient (Wildman–Crippen LogP) is 1.98. The highest BCUT2D eigenvalue weighted by molar-refractivity contribution is 6.00. The third-order valence-electron chi connectivity index (χ3n) is 3.48. The number of nitrogens with one attached hydrogen (secondary N) is 1. The smallest absolute Gasteiger partial charge is 0.326 e. The Morgan fingerprint density at radius 1 is 1.13 bits per heavy atom. The van der Waals surface area contributed by atoms with Crippen molar-refractivity contribution >= 4 is 28.6 Å². The molecule has 0 aliphatic heterocycles. The lowest BCUT2D eigenvalue weighted by Gasteiger charge is -2.14. The average molecular weight is 315 g/mol. The summed E-state index contributed by atoms with van der Waals surface area (Å²) < 4.78 is 4.47. The van der Waals surface area contributed by atoms with Crippen LogP contribution in [0.1, 0.15) is 23.2 Å². The SMILES string of the molecule is COC(=O)CC[C@@H](NC(=O)c1ccc2ccccc2c1)C(=O)O. The molecule has 2 rings (SSSR count). The Kier molecular flexibility index (Phi) is 5.30. The summed E-state index contributed by atoms with van der Waals surface area (Å²) in [5.74, 6) is -2.20. The molecule has 2 N–H and O–H groups in total. The highest BCUT2D eigenvalue weighted by Crippen LogP contribution is 2.15. The number of hydrogen-bond acceptors (Lipinski definition) is 4. The molecule has 1 atom stereocenters. The van der Waals surface area contributed by atoms with Crippen molar-refractivity contribution < 1.29 is 24.2 Å². The molecule has 0 unspecified atom stereocenters. The van der Waals surface area contributed by atoms with Crippen LogP contribution in [0.15, 0.2) is 42.5 Å². The van der Waals surface area contributed by atoms with Crippen LogP contribution in [0.25, 0.3) is 10.8 Å². The van der Waals surface area contributed by atoms with E-state index in [0.29, 0.717) is 5.56 Å². The van der Waals surface area contributed by atoms with Crippen LogP contribution in [0.4, 0.5) is 0 Å². The van der Waals surface area contributed by atoms with E-state index in [1.165, 1.54) is 7.11 Å². The molecule has 0 aromatic heterocycles. The van der Waals surface area contributed by atoms with E-state index in [-0.39, 0.29) is 12.8 Å². The zero-order valence-electron chi connectivity index (χ0n) is 12.6. The summed E-state index contributed by atoms with van der Waals surface area (Å²) >= 11 is 0. The van der Waals surface area contributed by atoms with Crippen molar-refractivity contribution in [2.75, 3.05) is 7.11 Å². The Bertz CT molecular complexity index is 741. The number of fused-ring (bicyclic) bond motifs is 1. The first-order valence-electron chi connectivity index (χ1n) is 7.10. The van der Waals surface area contributed by atoms with E-state index in [0.717, 1.165) is 10.8 Å². The van der Waals surface area contributed by atoms with Gasteiger partial charge in [-0.2, -0.15) is 0 Å². The van der Waals surface area contributed by atoms with Crippen LogP contribution in [0.3, 0.4) is 0 Å². The molecule has 6 heteroatoms. The quantitative estimate of drug-likeness (QED) is 0.795. The van der Waals surface area contributed by atoms with E-state index < -0.39 is 23.9 Å². The van der Waals surface area contributed by atoms with Gasteiger partial charge in [0.15, 0.2) is 0 Å². The molecule has 120 valence electrons. The number of amides is 1. The number of benzene rings is 2. The lowest BCUT2D eigenvalue weighted by atomic mass is 10.1. The van der Waals surface area contributed by atoms with Gasteiger partial charge < -0.3 is 15.2 Å². The van der Waals surface area contributed by atoms with E-state index in [1.807, 2.05) is 24.3 Å². The average Bonchev–Trinajstić information content (AvgIpc) is 2.57. The van der Waals surface area contributed by atoms with Crippen LogP contribution in [0.5, 0.6) is 0 Å². The normalized spacial score (nSPS) is 11.7. The van der Waals surface area contributed by atoms with Crippen LogP contribution in [-0.4, -0.2) is 36.1 Å². The first-order chi connectivity index (χ1) is 11.0. The van der Waals surface area contributed by atoms with Crippen molar-refractivity contribution in [3.05, 3.63) is 48.0 Å².